The number of amidine groups is 1. The van der Waals surface area contributed by atoms with Crippen LogP contribution in [0.3, 0.4) is 0 Å². The van der Waals surface area contributed by atoms with E-state index in [9.17, 15) is 14.7 Å². The summed E-state index contributed by atoms with van der Waals surface area (Å²) in [4.78, 5) is 31.3. The van der Waals surface area contributed by atoms with E-state index in [0.717, 1.165) is 22.0 Å². The first-order chi connectivity index (χ1) is 17.8. The highest BCUT2D eigenvalue weighted by molar-refractivity contribution is 8.18. The minimum atomic E-state index is -1.03. The number of carboxylic acid groups (broad SMARTS) is 1. The van der Waals surface area contributed by atoms with Crippen molar-refractivity contribution in [1.82, 2.24) is 9.47 Å². The number of aromatic nitrogens is 1. The number of thioether (sulfide) groups is 1. The van der Waals surface area contributed by atoms with Gasteiger partial charge in [0, 0.05) is 45.8 Å². The molecule has 5 rings (SSSR count). The summed E-state index contributed by atoms with van der Waals surface area (Å²) in [6.45, 7) is 2.87. The number of carbonyl (C=O) groups excluding carboxylic acids is 1. The molecule has 186 valence electrons. The molecule has 1 amide bonds. The Hall–Kier alpha value is -3.52. The second-order valence-electron chi connectivity index (χ2n) is 8.38. The standard InChI is InChI=1S/C28H21Cl2N3O3S/c1-2-33-26(34)25(37-28(33)31-21-7-5-6-17(12-21)27(35)36)13-19-16-32(24-9-4-3-8-22(19)24)15-18-10-11-20(29)14-23(18)30/h3-14,16H,2,15H2,1H3,(H,35,36)/b25-13+,31-28?. The second-order valence-corrected chi connectivity index (χ2v) is 10.2. The number of nitrogens with zero attached hydrogens (tertiary/aromatic N) is 3. The third-order valence-electron chi connectivity index (χ3n) is 5.98. The fraction of sp³-hybridized carbons (Fsp3) is 0.107. The van der Waals surface area contributed by atoms with Gasteiger partial charge in [0.2, 0.25) is 0 Å². The number of hydrogen-bond donors (Lipinski definition) is 1. The number of benzene rings is 3. The van der Waals surface area contributed by atoms with E-state index >= 15 is 0 Å². The lowest BCUT2D eigenvalue weighted by molar-refractivity contribution is -0.122. The van der Waals surface area contributed by atoms with Gasteiger partial charge in [0.25, 0.3) is 5.91 Å². The number of amides is 1. The van der Waals surface area contributed by atoms with Crippen molar-refractivity contribution in [1.29, 1.82) is 0 Å². The van der Waals surface area contributed by atoms with Crippen LogP contribution in [0.1, 0.15) is 28.4 Å². The van der Waals surface area contributed by atoms with Crippen molar-refractivity contribution < 1.29 is 14.7 Å². The van der Waals surface area contributed by atoms with Crippen molar-refractivity contribution in [3.8, 4) is 0 Å². The second kappa shape index (κ2) is 10.5. The van der Waals surface area contributed by atoms with Gasteiger partial charge < -0.3 is 9.67 Å². The Morgan fingerprint density at radius 2 is 1.89 bits per heavy atom. The van der Waals surface area contributed by atoms with Crippen LogP contribution in [-0.4, -0.2) is 38.2 Å². The van der Waals surface area contributed by atoms with Crippen LogP contribution in [0.25, 0.3) is 17.0 Å². The van der Waals surface area contributed by atoms with Gasteiger partial charge >= 0.3 is 5.97 Å². The van der Waals surface area contributed by atoms with E-state index in [2.05, 4.69) is 9.56 Å². The van der Waals surface area contributed by atoms with Gasteiger partial charge in [0.1, 0.15) is 0 Å². The molecule has 4 aromatic rings. The van der Waals surface area contributed by atoms with Crippen molar-refractivity contribution in [2.24, 2.45) is 4.99 Å². The Kier molecular flexibility index (Phi) is 7.11. The van der Waals surface area contributed by atoms with Crippen molar-refractivity contribution in [2.45, 2.75) is 13.5 Å². The Bertz CT molecular complexity index is 1610. The summed E-state index contributed by atoms with van der Waals surface area (Å²) in [5.74, 6) is -1.17. The van der Waals surface area contributed by atoms with E-state index in [1.54, 1.807) is 23.1 Å². The van der Waals surface area contributed by atoms with E-state index in [4.69, 9.17) is 23.2 Å². The summed E-state index contributed by atoms with van der Waals surface area (Å²) in [6, 6.07) is 19.8. The van der Waals surface area contributed by atoms with Gasteiger partial charge in [-0.2, -0.15) is 0 Å². The Morgan fingerprint density at radius 1 is 1.08 bits per heavy atom. The topological polar surface area (TPSA) is 74.9 Å². The summed E-state index contributed by atoms with van der Waals surface area (Å²) in [5, 5.41) is 12.0. The molecular formula is C28H21Cl2N3O3S. The van der Waals surface area contributed by atoms with Crippen molar-refractivity contribution in [2.75, 3.05) is 6.54 Å². The Morgan fingerprint density at radius 3 is 2.65 bits per heavy atom. The van der Waals surface area contributed by atoms with Gasteiger partial charge in [-0.1, -0.05) is 53.5 Å². The van der Waals surface area contributed by atoms with Gasteiger partial charge in [-0.05, 0) is 66.7 Å². The number of aliphatic imine (C=N–C) groups is 1. The van der Waals surface area contributed by atoms with E-state index in [1.807, 2.05) is 55.6 Å². The number of para-hydroxylation sites is 1. The number of halogens is 2. The molecule has 1 aliphatic heterocycles. The van der Waals surface area contributed by atoms with E-state index in [0.29, 0.717) is 38.9 Å². The third kappa shape index (κ3) is 5.16. The van der Waals surface area contributed by atoms with E-state index in [-0.39, 0.29) is 11.5 Å². The lowest BCUT2D eigenvalue weighted by atomic mass is 10.1. The molecule has 2 heterocycles. The normalized spacial score (nSPS) is 15.9. The first-order valence-corrected chi connectivity index (χ1v) is 13.1. The zero-order chi connectivity index (χ0) is 26.1. The number of hydrogen-bond acceptors (Lipinski definition) is 4. The first-order valence-electron chi connectivity index (χ1n) is 11.5. The monoisotopic (exact) mass is 549 g/mol. The zero-order valence-corrected chi connectivity index (χ0v) is 22.0. The molecule has 1 N–H and O–H groups in total. The molecule has 0 radical (unpaired) electrons. The molecule has 6 nitrogen and oxygen atoms in total. The predicted molar refractivity (Wildman–Crippen MR) is 151 cm³/mol. The fourth-order valence-corrected chi connectivity index (χ4v) is 5.71. The summed E-state index contributed by atoms with van der Waals surface area (Å²) >= 11 is 13.8. The summed E-state index contributed by atoms with van der Waals surface area (Å²) in [6.07, 6.45) is 3.90. The van der Waals surface area contributed by atoms with Crippen LogP contribution in [0.5, 0.6) is 0 Å². The fourth-order valence-electron chi connectivity index (χ4n) is 4.18. The quantitative estimate of drug-likeness (QED) is 0.255. The average molecular weight is 550 g/mol. The molecular weight excluding hydrogens is 529 g/mol. The molecule has 9 heteroatoms. The Balaban J connectivity index is 1.51. The minimum Gasteiger partial charge on any atom is -0.478 e. The molecule has 1 fully saturated rings. The molecule has 37 heavy (non-hydrogen) atoms. The number of aromatic carboxylic acids is 1. The summed E-state index contributed by atoms with van der Waals surface area (Å²) in [5.41, 5.74) is 3.48. The molecule has 1 saturated heterocycles. The molecule has 0 bridgehead atoms. The van der Waals surface area contributed by atoms with Crippen LogP contribution in [0, 0.1) is 0 Å². The molecule has 0 saturated carbocycles. The summed E-state index contributed by atoms with van der Waals surface area (Å²) < 4.78 is 2.10. The van der Waals surface area contributed by atoms with Crippen LogP contribution in [0.2, 0.25) is 10.0 Å². The average Bonchev–Trinajstić information content (AvgIpc) is 3.37. The van der Waals surface area contributed by atoms with Crippen LogP contribution in [0.15, 0.2) is 82.8 Å². The number of carbonyl (C=O) groups is 2. The molecule has 0 atom stereocenters. The Labute approximate surface area is 227 Å². The molecule has 0 aliphatic carbocycles. The van der Waals surface area contributed by atoms with Gasteiger partial charge in [0.15, 0.2) is 5.17 Å². The van der Waals surface area contributed by atoms with Gasteiger partial charge in [-0.3, -0.25) is 9.69 Å². The van der Waals surface area contributed by atoms with Crippen LogP contribution in [0.4, 0.5) is 5.69 Å². The SMILES string of the molecule is CCN1C(=O)/C(=C\c2cn(Cc3ccc(Cl)cc3Cl)c3ccccc23)SC1=Nc1cccc(C(=O)O)c1. The lowest BCUT2D eigenvalue weighted by Crippen LogP contribution is -2.28. The molecule has 0 unspecified atom stereocenters. The molecule has 1 aromatic heterocycles. The largest absolute Gasteiger partial charge is 0.478 e. The maximum absolute atomic E-state index is 13.3. The van der Waals surface area contributed by atoms with Gasteiger partial charge in [-0.15, -0.1) is 0 Å². The van der Waals surface area contributed by atoms with Crippen LogP contribution >= 0.6 is 35.0 Å². The highest BCUT2D eigenvalue weighted by Crippen LogP contribution is 2.36. The third-order valence-corrected chi connectivity index (χ3v) is 7.58. The lowest BCUT2D eigenvalue weighted by Gasteiger charge is -2.12. The smallest absolute Gasteiger partial charge is 0.335 e. The molecule has 1 aliphatic rings. The highest BCUT2D eigenvalue weighted by atomic mass is 35.5. The van der Waals surface area contributed by atoms with E-state index < -0.39 is 5.97 Å². The van der Waals surface area contributed by atoms with E-state index in [1.165, 1.54) is 23.9 Å². The van der Waals surface area contributed by atoms with Crippen molar-refractivity contribution in [3.05, 3.63) is 105 Å². The number of likely N-dealkylation sites (N-methyl/N-ethyl adjacent to an activating group) is 1. The molecule has 3 aromatic carbocycles. The van der Waals surface area contributed by atoms with Crippen LogP contribution < -0.4 is 0 Å². The van der Waals surface area contributed by atoms with Crippen LogP contribution in [-0.2, 0) is 11.3 Å². The number of rotatable bonds is 6. The predicted octanol–water partition coefficient (Wildman–Crippen LogP) is 7.32. The maximum Gasteiger partial charge on any atom is 0.335 e. The first kappa shape index (κ1) is 25.1. The van der Waals surface area contributed by atoms with Gasteiger partial charge in [-0.25, -0.2) is 9.79 Å². The number of fused-ring (bicyclic) bond motifs is 1. The van der Waals surface area contributed by atoms with Crippen molar-refractivity contribution >= 4 is 74.7 Å². The number of carboxylic acids is 1. The highest BCUT2D eigenvalue weighted by Gasteiger charge is 2.32. The van der Waals surface area contributed by atoms with Gasteiger partial charge in [0.05, 0.1) is 16.2 Å². The maximum atomic E-state index is 13.3. The minimum absolute atomic E-state index is 0.141. The van der Waals surface area contributed by atoms with Crippen molar-refractivity contribution in [3.63, 3.8) is 0 Å². The summed E-state index contributed by atoms with van der Waals surface area (Å²) in [7, 11) is 0. The molecule has 0 spiro atoms. The zero-order valence-electron chi connectivity index (χ0n) is 19.7.